The fraction of sp³-hybridized carbons (Fsp3) is 0.0455. The first-order valence-electron chi connectivity index (χ1n) is 8.92. The SMILES string of the molecule is O=C(Nc1c(Cl)cccc1Cl)C(=O)c1cn(Cc2ccccc2Cl)c2ncccc12. The fourth-order valence-electron chi connectivity index (χ4n) is 3.14. The molecule has 8 heteroatoms. The van der Waals surface area contributed by atoms with Crippen molar-refractivity contribution in [2.45, 2.75) is 6.54 Å². The summed E-state index contributed by atoms with van der Waals surface area (Å²) in [5, 5.41) is 4.16. The Kier molecular flexibility index (Phi) is 5.77. The van der Waals surface area contributed by atoms with Crippen LogP contribution >= 0.6 is 34.8 Å². The minimum Gasteiger partial charge on any atom is -0.327 e. The van der Waals surface area contributed by atoms with E-state index in [0.717, 1.165) is 5.56 Å². The summed E-state index contributed by atoms with van der Waals surface area (Å²) < 4.78 is 1.79. The number of carbonyl (C=O) groups excluding carboxylic acids is 2. The molecule has 0 saturated carbocycles. The third kappa shape index (κ3) is 3.92. The molecular weight excluding hydrogens is 445 g/mol. The standard InChI is InChI=1S/C22H14Cl3N3O2/c23-16-7-2-1-5-13(16)11-28-12-15(14-6-4-10-26-21(14)28)20(29)22(30)27-19-17(24)8-3-9-18(19)25/h1-10,12H,11H2,(H,27,30). The first-order valence-corrected chi connectivity index (χ1v) is 10.1. The van der Waals surface area contributed by atoms with E-state index in [-0.39, 0.29) is 21.3 Å². The van der Waals surface area contributed by atoms with Gasteiger partial charge in [0.2, 0.25) is 0 Å². The molecule has 150 valence electrons. The zero-order valence-electron chi connectivity index (χ0n) is 15.4. The molecule has 0 unspecified atom stereocenters. The lowest BCUT2D eigenvalue weighted by molar-refractivity contribution is -0.112. The Balaban J connectivity index is 1.69. The van der Waals surface area contributed by atoms with E-state index in [0.29, 0.717) is 22.6 Å². The summed E-state index contributed by atoms with van der Waals surface area (Å²) in [4.78, 5) is 30.0. The van der Waals surface area contributed by atoms with Crippen molar-refractivity contribution < 1.29 is 9.59 Å². The Bertz CT molecular complexity index is 1260. The molecule has 5 nitrogen and oxygen atoms in total. The Hall–Kier alpha value is -2.86. The smallest absolute Gasteiger partial charge is 0.296 e. The van der Waals surface area contributed by atoms with E-state index in [1.807, 2.05) is 18.2 Å². The summed E-state index contributed by atoms with van der Waals surface area (Å²) in [5.74, 6) is -1.56. The van der Waals surface area contributed by atoms with Gasteiger partial charge in [0, 0.05) is 22.8 Å². The van der Waals surface area contributed by atoms with Crippen LogP contribution in [0.15, 0.2) is 67.0 Å². The number of para-hydroxylation sites is 1. The first kappa shape index (κ1) is 20.4. The number of carbonyl (C=O) groups is 2. The van der Waals surface area contributed by atoms with Crippen LogP contribution in [0.5, 0.6) is 0 Å². The fourth-order valence-corrected chi connectivity index (χ4v) is 3.83. The van der Waals surface area contributed by atoms with Gasteiger partial charge < -0.3 is 9.88 Å². The molecule has 0 fully saturated rings. The number of hydrogen-bond acceptors (Lipinski definition) is 3. The van der Waals surface area contributed by atoms with Crippen LogP contribution in [0.3, 0.4) is 0 Å². The van der Waals surface area contributed by atoms with E-state index in [2.05, 4.69) is 10.3 Å². The number of benzene rings is 2. The molecule has 0 aliphatic carbocycles. The van der Waals surface area contributed by atoms with Crippen LogP contribution in [0.2, 0.25) is 15.1 Å². The number of rotatable bonds is 5. The maximum atomic E-state index is 13.0. The van der Waals surface area contributed by atoms with E-state index in [9.17, 15) is 9.59 Å². The topological polar surface area (TPSA) is 64.0 Å². The average Bonchev–Trinajstić information content (AvgIpc) is 3.10. The van der Waals surface area contributed by atoms with Crippen LogP contribution < -0.4 is 5.32 Å². The summed E-state index contributed by atoms with van der Waals surface area (Å²) in [7, 11) is 0. The molecule has 0 atom stereocenters. The largest absolute Gasteiger partial charge is 0.327 e. The molecule has 0 aliphatic rings. The second-order valence-corrected chi connectivity index (χ2v) is 7.74. The highest BCUT2D eigenvalue weighted by Gasteiger charge is 2.23. The third-order valence-corrected chi connectivity index (χ3v) is 5.58. The number of pyridine rings is 1. The quantitative estimate of drug-likeness (QED) is 0.301. The van der Waals surface area contributed by atoms with Gasteiger partial charge in [0.25, 0.3) is 11.7 Å². The lowest BCUT2D eigenvalue weighted by Gasteiger charge is -2.08. The number of nitrogens with zero attached hydrogens (tertiary/aromatic N) is 2. The molecule has 0 saturated heterocycles. The molecule has 2 aromatic carbocycles. The molecule has 0 aliphatic heterocycles. The van der Waals surface area contributed by atoms with Crippen molar-refractivity contribution in [3.63, 3.8) is 0 Å². The summed E-state index contributed by atoms with van der Waals surface area (Å²) in [6.45, 7) is 0.401. The van der Waals surface area contributed by atoms with Crippen LogP contribution in [0.4, 0.5) is 5.69 Å². The van der Waals surface area contributed by atoms with E-state index in [1.54, 1.807) is 53.4 Å². The minimum absolute atomic E-state index is 0.192. The number of hydrogen-bond donors (Lipinski definition) is 1. The van der Waals surface area contributed by atoms with Gasteiger partial charge in [0.15, 0.2) is 0 Å². The van der Waals surface area contributed by atoms with Gasteiger partial charge in [-0.05, 0) is 35.9 Å². The molecule has 1 amide bonds. The lowest BCUT2D eigenvalue weighted by atomic mass is 10.1. The summed E-state index contributed by atoms with van der Waals surface area (Å²) >= 11 is 18.5. The molecule has 1 N–H and O–H groups in total. The normalized spacial score (nSPS) is 10.9. The maximum absolute atomic E-state index is 13.0. The van der Waals surface area contributed by atoms with Crippen molar-refractivity contribution in [1.82, 2.24) is 9.55 Å². The summed E-state index contributed by atoms with van der Waals surface area (Å²) in [5.41, 5.74) is 1.86. The van der Waals surface area contributed by atoms with Crippen molar-refractivity contribution >= 4 is 63.2 Å². The van der Waals surface area contributed by atoms with Crippen molar-refractivity contribution in [3.8, 4) is 0 Å². The highest BCUT2D eigenvalue weighted by Crippen LogP contribution is 2.30. The lowest BCUT2D eigenvalue weighted by Crippen LogP contribution is -2.23. The van der Waals surface area contributed by atoms with E-state index >= 15 is 0 Å². The van der Waals surface area contributed by atoms with Crippen LogP contribution in [0.1, 0.15) is 15.9 Å². The molecule has 4 rings (SSSR count). The number of anilines is 1. The van der Waals surface area contributed by atoms with Crippen LogP contribution in [-0.4, -0.2) is 21.2 Å². The molecule has 0 spiro atoms. The Morgan fingerprint density at radius 1 is 0.900 bits per heavy atom. The van der Waals surface area contributed by atoms with Crippen molar-refractivity contribution in [1.29, 1.82) is 0 Å². The molecule has 0 bridgehead atoms. The van der Waals surface area contributed by atoms with Gasteiger partial charge in [-0.3, -0.25) is 9.59 Å². The zero-order valence-corrected chi connectivity index (χ0v) is 17.7. The number of aromatic nitrogens is 2. The maximum Gasteiger partial charge on any atom is 0.296 e. The number of Topliss-reactive ketones (excluding diaryl/α,β-unsaturated/α-hetero) is 1. The van der Waals surface area contributed by atoms with Gasteiger partial charge in [0.1, 0.15) is 5.65 Å². The predicted octanol–water partition coefficient (Wildman–Crippen LogP) is 5.87. The van der Waals surface area contributed by atoms with Crippen molar-refractivity contribution in [2.75, 3.05) is 5.32 Å². The summed E-state index contributed by atoms with van der Waals surface area (Å²) in [6, 6.07) is 15.7. The Labute approximate surface area is 187 Å². The molecule has 2 heterocycles. The Morgan fingerprint density at radius 3 is 2.33 bits per heavy atom. The van der Waals surface area contributed by atoms with Crippen LogP contribution in [0, 0.1) is 0 Å². The molecule has 30 heavy (non-hydrogen) atoms. The number of amides is 1. The minimum atomic E-state index is -0.842. The first-order chi connectivity index (χ1) is 14.5. The zero-order chi connectivity index (χ0) is 21.3. The van der Waals surface area contributed by atoms with Gasteiger partial charge in [-0.25, -0.2) is 4.98 Å². The van der Waals surface area contributed by atoms with E-state index < -0.39 is 11.7 Å². The monoisotopic (exact) mass is 457 g/mol. The number of nitrogens with one attached hydrogen (secondary N) is 1. The number of ketones is 1. The highest BCUT2D eigenvalue weighted by atomic mass is 35.5. The van der Waals surface area contributed by atoms with Gasteiger partial charge >= 0.3 is 0 Å². The summed E-state index contributed by atoms with van der Waals surface area (Å²) in [6.07, 6.45) is 3.24. The van der Waals surface area contributed by atoms with Crippen molar-refractivity contribution in [2.24, 2.45) is 0 Å². The van der Waals surface area contributed by atoms with E-state index in [4.69, 9.17) is 34.8 Å². The number of halogens is 3. The van der Waals surface area contributed by atoms with Gasteiger partial charge in [-0.1, -0.05) is 59.1 Å². The van der Waals surface area contributed by atoms with Crippen LogP contribution in [-0.2, 0) is 11.3 Å². The average molecular weight is 459 g/mol. The van der Waals surface area contributed by atoms with Gasteiger partial charge in [-0.2, -0.15) is 0 Å². The second kappa shape index (κ2) is 8.48. The predicted molar refractivity (Wildman–Crippen MR) is 120 cm³/mol. The third-order valence-electron chi connectivity index (χ3n) is 4.58. The van der Waals surface area contributed by atoms with Crippen molar-refractivity contribution in [3.05, 3.63) is 93.2 Å². The molecular formula is C22H14Cl3N3O2. The molecule has 4 aromatic rings. The molecule has 2 aromatic heterocycles. The van der Waals surface area contributed by atoms with Crippen LogP contribution in [0.25, 0.3) is 11.0 Å². The second-order valence-electron chi connectivity index (χ2n) is 6.52. The van der Waals surface area contributed by atoms with Gasteiger partial charge in [0.05, 0.1) is 27.8 Å². The number of fused-ring (bicyclic) bond motifs is 1. The van der Waals surface area contributed by atoms with E-state index in [1.165, 1.54) is 0 Å². The highest BCUT2D eigenvalue weighted by molar-refractivity contribution is 6.50. The van der Waals surface area contributed by atoms with Gasteiger partial charge in [-0.15, -0.1) is 0 Å². The Morgan fingerprint density at radius 2 is 1.60 bits per heavy atom. The molecule has 0 radical (unpaired) electrons.